The molecule has 9 nitrogen and oxygen atoms in total. The summed E-state index contributed by atoms with van der Waals surface area (Å²) in [7, 11) is 1.65. The van der Waals surface area contributed by atoms with Crippen molar-refractivity contribution < 1.29 is 24.4 Å². The van der Waals surface area contributed by atoms with Crippen molar-refractivity contribution >= 4 is 0 Å². The van der Waals surface area contributed by atoms with Gasteiger partial charge in [0.05, 0.1) is 19.3 Å². The number of aliphatic hydroxyl groups excluding tert-OH is 2. The molecule has 2 fully saturated rings. The van der Waals surface area contributed by atoms with Crippen LogP contribution in [0.1, 0.15) is 37.5 Å². The van der Waals surface area contributed by atoms with Crippen LogP contribution in [0.3, 0.4) is 0 Å². The molecule has 0 bridgehead atoms. The normalized spacial score (nSPS) is 34.1. The number of rotatable bonds is 6. The maximum Gasteiger partial charge on any atom is 0.330 e. The number of aryl methyl sites for hydroxylation is 1. The van der Waals surface area contributed by atoms with E-state index in [9.17, 15) is 19.8 Å². The lowest BCUT2D eigenvalue weighted by atomic mass is 9.86. The number of H-pyrrole nitrogens is 1. The highest BCUT2D eigenvalue weighted by Crippen LogP contribution is 2.35. The molecule has 1 saturated heterocycles. The van der Waals surface area contributed by atoms with Crippen LogP contribution in [-0.4, -0.2) is 64.5 Å². The van der Waals surface area contributed by atoms with Crippen molar-refractivity contribution in [3.8, 4) is 0 Å². The van der Waals surface area contributed by atoms with Crippen molar-refractivity contribution in [3.05, 3.63) is 32.6 Å². The van der Waals surface area contributed by atoms with E-state index in [4.69, 9.17) is 14.2 Å². The Morgan fingerprint density at radius 3 is 2.78 bits per heavy atom. The Hall–Kier alpha value is -1.52. The average molecular weight is 384 g/mol. The zero-order chi connectivity index (χ0) is 19.6. The molecule has 1 aromatic heterocycles. The summed E-state index contributed by atoms with van der Waals surface area (Å²) in [6, 6.07) is 0. The van der Waals surface area contributed by atoms with E-state index in [1.54, 1.807) is 14.0 Å². The Kier molecular flexibility index (Phi) is 6.48. The number of aliphatic hydroxyl groups is 2. The third-order valence-electron chi connectivity index (χ3n) is 5.46. The van der Waals surface area contributed by atoms with Gasteiger partial charge in [-0.25, -0.2) is 4.79 Å². The van der Waals surface area contributed by atoms with E-state index >= 15 is 0 Å². The molecule has 3 N–H and O–H groups in total. The molecule has 0 amide bonds. The highest BCUT2D eigenvalue weighted by atomic mass is 16.6. The quantitative estimate of drug-likeness (QED) is 0.614. The number of ether oxygens (including phenoxy) is 3. The standard InChI is InChI=1S/C18H28N2O7/c1-10-7-20(18(24)19-16(10)23)17-15(14(22)13(8-21)27-17)26-12-6-4-3-5-11(12)9-25-2/h7,11-15,17,21-22H,3-6,8-9H2,1-2H3,(H,19,23,24). The van der Waals surface area contributed by atoms with Crippen LogP contribution in [0.15, 0.2) is 15.8 Å². The number of nitrogens with zero attached hydrogens (tertiary/aromatic N) is 1. The zero-order valence-electron chi connectivity index (χ0n) is 15.7. The van der Waals surface area contributed by atoms with E-state index in [0.29, 0.717) is 12.2 Å². The lowest BCUT2D eigenvalue weighted by Gasteiger charge is -2.35. The van der Waals surface area contributed by atoms with Gasteiger partial charge in [-0.3, -0.25) is 14.3 Å². The summed E-state index contributed by atoms with van der Waals surface area (Å²) in [5.74, 6) is 0.193. The van der Waals surface area contributed by atoms with E-state index < -0.39 is 42.4 Å². The first kappa shape index (κ1) is 20.2. The summed E-state index contributed by atoms with van der Waals surface area (Å²) in [6.07, 6.45) is 1.41. The van der Waals surface area contributed by atoms with E-state index in [2.05, 4.69) is 4.98 Å². The maximum atomic E-state index is 12.3. The predicted molar refractivity (Wildman–Crippen MR) is 95.6 cm³/mol. The van der Waals surface area contributed by atoms with Gasteiger partial charge in [-0.05, 0) is 19.8 Å². The predicted octanol–water partition coefficient (Wildman–Crippen LogP) is -0.314. The van der Waals surface area contributed by atoms with Gasteiger partial charge in [0.25, 0.3) is 5.56 Å². The second kappa shape index (κ2) is 8.66. The average Bonchev–Trinajstić information content (AvgIpc) is 2.96. The first-order chi connectivity index (χ1) is 13.0. The van der Waals surface area contributed by atoms with Gasteiger partial charge in [0.1, 0.15) is 18.3 Å². The summed E-state index contributed by atoms with van der Waals surface area (Å²) < 4.78 is 18.5. The van der Waals surface area contributed by atoms with Crippen LogP contribution >= 0.6 is 0 Å². The smallest absolute Gasteiger partial charge is 0.330 e. The maximum absolute atomic E-state index is 12.3. The van der Waals surface area contributed by atoms with Gasteiger partial charge in [-0.1, -0.05) is 12.8 Å². The van der Waals surface area contributed by atoms with Gasteiger partial charge in [0, 0.05) is 24.8 Å². The fourth-order valence-electron chi connectivity index (χ4n) is 3.97. The van der Waals surface area contributed by atoms with Gasteiger partial charge in [0.15, 0.2) is 6.23 Å². The molecule has 0 spiro atoms. The van der Waals surface area contributed by atoms with Crippen molar-refractivity contribution in [1.29, 1.82) is 0 Å². The molecule has 6 atom stereocenters. The van der Waals surface area contributed by atoms with E-state index in [0.717, 1.165) is 25.7 Å². The molecule has 1 saturated carbocycles. The van der Waals surface area contributed by atoms with E-state index in [-0.39, 0.29) is 12.0 Å². The van der Waals surface area contributed by atoms with Crippen LogP contribution in [0.25, 0.3) is 0 Å². The van der Waals surface area contributed by atoms with Gasteiger partial charge in [0.2, 0.25) is 0 Å². The van der Waals surface area contributed by atoms with Crippen LogP contribution in [0.5, 0.6) is 0 Å². The third-order valence-corrected chi connectivity index (χ3v) is 5.46. The number of hydrogen-bond donors (Lipinski definition) is 3. The highest BCUT2D eigenvalue weighted by molar-refractivity contribution is 5.03. The largest absolute Gasteiger partial charge is 0.394 e. The number of hydrogen-bond acceptors (Lipinski definition) is 7. The lowest BCUT2D eigenvalue weighted by Crippen LogP contribution is -2.44. The van der Waals surface area contributed by atoms with Gasteiger partial charge >= 0.3 is 5.69 Å². The Labute approximate surface area is 156 Å². The first-order valence-electron chi connectivity index (χ1n) is 9.37. The second-order valence-electron chi connectivity index (χ2n) is 7.36. The molecule has 3 rings (SSSR count). The summed E-state index contributed by atoms with van der Waals surface area (Å²) >= 11 is 0. The van der Waals surface area contributed by atoms with Crippen molar-refractivity contribution in [2.24, 2.45) is 5.92 Å². The molecule has 1 aromatic rings. The molecule has 27 heavy (non-hydrogen) atoms. The van der Waals surface area contributed by atoms with Gasteiger partial charge < -0.3 is 24.4 Å². The molecular formula is C18H28N2O7. The van der Waals surface area contributed by atoms with Gasteiger partial charge in [-0.2, -0.15) is 0 Å². The monoisotopic (exact) mass is 384 g/mol. The van der Waals surface area contributed by atoms with Crippen molar-refractivity contribution in [1.82, 2.24) is 9.55 Å². The van der Waals surface area contributed by atoms with Crippen LogP contribution in [0.4, 0.5) is 0 Å². The Balaban J connectivity index is 1.89. The summed E-state index contributed by atoms with van der Waals surface area (Å²) in [6.45, 7) is 1.73. The first-order valence-corrected chi connectivity index (χ1v) is 9.37. The summed E-state index contributed by atoms with van der Waals surface area (Å²) in [4.78, 5) is 26.2. The minimum absolute atomic E-state index is 0.138. The Morgan fingerprint density at radius 2 is 2.07 bits per heavy atom. The lowest BCUT2D eigenvalue weighted by molar-refractivity contribution is -0.133. The molecule has 152 valence electrons. The Bertz CT molecular complexity index is 744. The number of methoxy groups -OCH3 is 1. The summed E-state index contributed by atoms with van der Waals surface area (Å²) in [5.41, 5.74) is -0.778. The van der Waals surface area contributed by atoms with E-state index in [1.807, 2.05) is 0 Å². The van der Waals surface area contributed by atoms with Crippen molar-refractivity contribution in [3.63, 3.8) is 0 Å². The fraction of sp³-hybridized carbons (Fsp3) is 0.778. The molecular weight excluding hydrogens is 356 g/mol. The van der Waals surface area contributed by atoms with Crippen LogP contribution in [-0.2, 0) is 14.2 Å². The number of aromatic nitrogens is 2. The topological polar surface area (TPSA) is 123 Å². The molecule has 9 heteroatoms. The molecule has 0 radical (unpaired) electrons. The fourth-order valence-corrected chi connectivity index (χ4v) is 3.97. The second-order valence-corrected chi connectivity index (χ2v) is 7.36. The zero-order valence-corrected chi connectivity index (χ0v) is 15.7. The van der Waals surface area contributed by atoms with E-state index in [1.165, 1.54) is 10.8 Å². The minimum atomic E-state index is -1.09. The highest BCUT2D eigenvalue weighted by Gasteiger charge is 2.47. The molecule has 1 aliphatic heterocycles. The Morgan fingerprint density at radius 1 is 1.33 bits per heavy atom. The molecule has 6 unspecified atom stereocenters. The molecule has 1 aliphatic carbocycles. The van der Waals surface area contributed by atoms with Crippen LogP contribution < -0.4 is 11.2 Å². The summed E-state index contributed by atoms with van der Waals surface area (Å²) in [5, 5.41) is 20.1. The number of nitrogens with one attached hydrogen (secondary N) is 1. The minimum Gasteiger partial charge on any atom is -0.394 e. The van der Waals surface area contributed by atoms with Crippen molar-refractivity contribution in [2.45, 2.75) is 63.3 Å². The third kappa shape index (κ3) is 4.17. The molecule has 0 aromatic carbocycles. The molecule has 2 heterocycles. The number of aromatic amines is 1. The molecule has 2 aliphatic rings. The van der Waals surface area contributed by atoms with Crippen LogP contribution in [0.2, 0.25) is 0 Å². The van der Waals surface area contributed by atoms with Crippen LogP contribution in [0, 0.1) is 12.8 Å². The van der Waals surface area contributed by atoms with Gasteiger partial charge in [-0.15, -0.1) is 0 Å². The SMILES string of the molecule is COCC1CCCCC1OC1C(O)C(CO)OC1n1cc(C)c(=O)[nH]c1=O. The van der Waals surface area contributed by atoms with Crippen molar-refractivity contribution in [2.75, 3.05) is 20.3 Å².